The van der Waals surface area contributed by atoms with Gasteiger partial charge >= 0.3 is 7.60 Å². The fraction of sp³-hybridized carbons (Fsp3) is 0.714. The molecule has 0 bridgehead atoms. The number of hydrogen-bond acceptors (Lipinski definition) is 1. The van der Waals surface area contributed by atoms with Crippen LogP contribution in [0.25, 0.3) is 0 Å². The first-order valence-corrected chi connectivity index (χ1v) is 5.27. The van der Waals surface area contributed by atoms with E-state index >= 15 is 0 Å². The van der Waals surface area contributed by atoms with Crippen LogP contribution in [0.4, 0.5) is 4.20 Å². The molecule has 0 aromatic rings. The summed E-state index contributed by atoms with van der Waals surface area (Å²) in [5, 5.41) is 0. The third kappa shape index (κ3) is 2.33. The van der Waals surface area contributed by atoms with Crippen LogP contribution < -0.4 is 0 Å². The molecule has 11 heavy (non-hydrogen) atoms. The molecule has 0 rings (SSSR count). The van der Waals surface area contributed by atoms with E-state index in [0.717, 1.165) is 4.67 Å². The molecule has 0 amide bonds. The summed E-state index contributed by atoms with van der Waals surface area (Å²) in [4.78, 5) is 0. The van der Waals surface area contributed by atoms with Crippen LogP contribution >= 0.6 is 7.60 Å². The van der Waals surface area contributed by atoms with Gasteiger partial charge in [0.15, 0.2) is 0 Å². The molecule has 1 atom stereocenters. The normalized spacial score (nSPS) is 16.1. The summed E-state index contributed by atoms with van der Waals surface area (Å²) < 4.78 is 25.7. The Bertz CT molecular complexity index is 181. The molecule has 2 nitrogen and oxygen atoms in total. The topological polar surface area (TPSA) is 20.3 Å². The molecular formula is C7H15FNOP. The first-order valence-electron chi connectivity index (χ1n) is 3.65. The second-order valence-corrected chi connectivity index (χ2v) is 5.21. The highest BCUT2D eigenvalue weighted by atomic mass is 31.2. The average Bonchev–Trinajstić information content (AvgIpc) is 1.89. The molecule has 0 aliphatic carbocycles. The fourth-order valence-corrected chi connectivity index (χ4v) is 1.93. The zero-order valence-corrected chi connectivity index (χ0v) is 8.14. The van der Waals surface area contributed by atoms with Gasteiger partial charge in [0.2, 0.25) is 0 Å². The van der Waals surface area contributed by atoms with Crippen molar-refractivity contribution in [1.82, 2.24) is 4.67 Å². The molecule has 66 valence electrons. The lowest BCUT2D eigenvalue weighted by Crippen LogP contribution is -2.15. The van der Waals surface area contributed by atoms with Crippen molar-refractivity contribution < 1.29 is 8.76 Å². The molecule has 0 saturated carbocycles. The minimum absolute atomic E-state index is 0.398. The second kappa shape index (κ2) is 3.91. The number of nitrogens with zero attached hydrogens (tertiary/aromatic N) is 1. The molecule has 0 aliphatic rings. The van der Waals surface area contributed by atoms with Gasteiger partial charge < -0.3 is 4.67 Å². The molecule has 0 aromatic carbocycles. The Balaban J connectivity index is 4.51. The van der Waals surface area contributed by atoms with Gasteiger partial charge in [-0.15, -0.1) is 0 Å². The van der Waals surface area contributed by atoms with Gasteiger partial charge in [0.25, 0.3) is 0 Å². The molecule has 0 heterocycles. The quantitative estimate of drug-likeness (QED) is 0.618. The molecule has 0 radical (unpaired) electrons. The van der Waals surface area contributed by atoms with Crippen molar-refractivity contribution in [2.45, 2.75) is 26.4 Å². The second-order valence-electron chi connectivity index (χ2n) is 2.58. The van der Waals surface area contributed by atoms with Crippen LogP contribution in [0.15, 0.2) is 12.8 Å². The zero-order valence-electron chi connectivity index (χ0n) is 7.25. The van der Waals surface area contributed by atoms with Crippen molar-refractivity contribution in [1.29, 1.82) is 0 Å². The summed E-state index contributed by atoms with van der Waals surface area (Å²) in [7, 11) is -3.66. The van der Waals surface area contributed by atoms with E-state index in [0.29, 0.717) is 6.54 Å². The van der Waals surface area contributed by atoms with Crippen LogP contribution in [0, 0.1) is 0 Å². The van der Waals surface area contributed by atoms with Crippen LogP contribution in [-0.2, 0) is 4.57 Å². The van der Waals surface area contributed by atoms with Gasteiger partial charge in [0, 0.05) is 12.7 Å². The van der Waals surface area contributed by atoms with Crippen molar-refractivity contribution in [3.63, 3.8) is 0 Å². The van der Waals surface area contributed by atoms with Crippen molar-refractivity contribution in [2.24, 2.45) is 0 Å². The minimum Gasteiger partial charge on any atom is -0.306 e. The van der Waals surface area contributed by atoms with Gasteiger partial charge in [0.05, 0.1) is 5.66 Å². The van der Waals surface area contributed by atoms with Gasteiger partial charge in [-0.05, 0) is 6.92 Å². The number of halogens is 1. The molecular weight excluding hydrogens is 164 g/mol. The Morgan fingerprint density at radius 2 is 2.18 bits per heavy atom. The lowest BCUT2D eigenvalue weighted by Gasteiger charge is -2.24. The van der Waals surface area contributed by atoms with Gasteiger partial charge in [0.1, 0.15) is 0 Å². The number of rotatable bonds is 4. The molecule has 0 saturated heterocycles. The van der Waals surface area contributed by atoms with E-state index in [4.69, 9.17) is 0 Å². The molecule has 0 N–H and O–H groups in total. The summed E-state index contributed by atoms with van der Waals surface area (Å²) in [5.41, 5.74) is -0.458. The predicted octanol–water partition coefficient (Wildman–Crippen LogP) is 3.02. The maximum absolute atomic E-state index is 13.3. The molecule has 0 fully saturated rings. The van der Waals surface area contributed by atoms with Crippen LogP contribution in [-0.4, -0.2) is 16.9 Å². The molecule has 4 heteroatoms. The first-order chi connectivity index (χ1) is 4.96. The van der Waals surface area contributed by atoms with Crippen molar-refractivity contribution >= 4 is 7.60 Å². The average molecular weight is 179 g/mol. The summed E-state index contributed by atoms with van der Waals surface area (Å²) in [6.07, 6.45) is 1.29. The standard InChI is InChI=1S/C7H15FNOP/c1-5-9(6-2)11(8,10)7(3)4/h5,7H,1,6H2,2-4H3. The highest BCUT2D eigenvalue weighted by Gasteiger charge is 2.30. The lowest BCUT2D eigenvalue weighted by molar-refractivity contribution is 0.454. The Labute approximate surface area is 67.6 Å². The third-order valence-electron chi connectivity index (χ3n) is 1.52. The molecule has 0 aliphatic heterocycles. The zero-order chi connectivity index (χ0) is 9.07. The minimum atomic E-state index is -3.66. The van der Waals surface area contributed by atoms with Crippen molar-refractivity contribution in [3.8, 4) is 0 Å². The van der Waals surface area contributed by atoms with Crippen molar-refractivity contribution in [3.05, 3.63) is 12.8 Å². The highest BCUT2D eigenvalue weighted by molar-refractivity contribution is 7.56. The van der Waals surface area contributed by atoms with Gasteiger partial charge in [-0.3, -0.25) is 4.57 Å². The Morgan fingerprint density at radius 3 is 2.27 bits per heavy atom. The Kier molecular flexibility index (Phi) is 3.81. The first kappa shape index (κ1) is 10.7. The molecule has 1 unspecified atom stereocenters. The van der Waals surface area contributed by atoms with Gasteiger partial charge in [-0.1, -0.05) is 20.4 Å². The molecule has 0 aromatic heterocycles. The third-order valence-corrected chi connectivity index (χ3v) is 3.94. The highest BCUT2D eigenvalue weighted by Crippen LogP contribution is 2.55. The van der Waals surface area contributed by atoms with Gasteiger partial charge in [-0.25, -0.2) is 0 Å². The van der Waals surface area contributed by atoms with Crippen molar-refractivity contribution in [2.75, 3.05) is 6.54 Å². The van der Waals surface area contributed by atoms with Gasteiger partial charge in [-0.2, -0.15) is 4.20 Å². The molecule has 0 spiro atoms. The van der Waals surface area contributed by atoms with Crippen LogP contribution in [0.1, 0.15) is 20.8 Å². The maximum atomic E-state index is 13.3. The summed E-state index contributed by atoms with van der Waals surface area (Å²) in [6, 6.07) is 0. The number of hydrogen-bond donors (Lipinski definition) is 0. The van der Waals surface area contributed by atoms with Crippen LogP contribution in [0.5, 0.6) is 0 Å². The van der Waals surface area contributed by atoms with E-state index in [1.807, 2.05) is 0 Å². The maximum Gasteiger partial charge on any atom is 0.335 e. The van der Waals surface area contributed by atoms with E-state index in [2.05, 4.69) is 6.58 Å². The largest absolute Gasteiger partial charge is 0.335 e. The Hall–Kier alpha value is -0.300. The monoisotopic (exact) mass is 179 g/mol. The van der Waals surface area contributed by atoms with E-state index in [1.165, 1.54) is 6.20 Å². The smallest absolute Gasteiger partial charge is 0.306 e. The van der Waals surface area contributed by atoms with E-state index in [9.17, 15) is 8.76 Å². The summed E-state index contributed by atoms with van der Waals surface area (Å²) in [5.74, 6) is 0. The SMILES string of the molecule is C=CN(CC)P(=O)(F)C(C)C. The predicted molar refractivity (Wildman–Crippen MR) is 46.4 cm³/mol. The van der Waals surface area contributed by atoms with Crippen LogP contribution in [0.2, 0.25) is 0 Å². The summed E-state index contributed by atoms with van der Waals surface area (Å²) in [6.45, 7) is 8.75. The van der Waals surface area contributed by atoms with E-state index < -0.39 is 13.3 Å². The van der Waals surface area contributed by atoms with Crippen LogP contribution in [0.3, 0.4) is 0 Å². The van der Waals surface area contributed by atoms with E-state index in [-0.39, 0.29) is 0 Å². The fourth-order valence-electron chi connectivity index (χ4n) is 0.730. The Morgan fingerprint density at radius 1 is 1.73 bits per heavy atom. The lowest BCUT2D eigenvalue weighted by atomic mass is 10.6. The van der Waals surface area contributed by atoms with E-state index in [1.54, 1.807) is 20.8 Å². The summed E-state index contributed by atoms with van der Waals surface area (Å²) >= 11 is 0.